The van der Waals surface area contributed by atoms with Crippen LogP contribution in [0.1, 0.15) is 121 Å². The minimum atomic E-state index is -4.69. The fourth-order valence-corrected chi connectivity index (χ4v) is 9.89. The Morgan fingerprint density at radius 2 is 1.72 bits per heavy atom. The number of hydrogen-bond donors (Lipinski definition) is 3. The summed E-state index contributed by atoms with van der Waals surface area (Å²) in [7, 11) is 3.96. The highest BCUT2D eigenvalue weighted by Crippen LogP contribution is 2.41. The van der Waals surface area contributed by atoms with Gasteiger partial charge >= 0.3 is 6.18 Å². The Labute approximate surface area is 352 Å². The second-order valence-corrected chi connectivity index (χ2v) is 17.9. The van der Waals surface area contributed by atoms with Gasteiger partial charge in [-0.25, -0.2) is 4.98 Å². The van der Waals surface area contributed by atoms with Crippen LogP contribution in [-0.2, 0) is 27.9 Å². The number of carbonyl (C=O) groups is 4. The van der Waals surface area contributed by atoms with Crippen molar-refractivity contribution in [1.29, 1.82) is 0 Å². The van der Waals surface area contributed by atoms with Crippen LogP contribution < -0.4 is 10.6 Å². The van der Waals surface area contributed by atoms with Crippen LogP contribution >= 0.6 is 0 Å². The molecule has 2 unspecified atom stereocenters. The van der Waals surface area contributed by atoms with E-state index >= 15 is 0 Å². The number of rotatable bonds is 10. The monoisotopic (exact) mass is 842 g/mol. The minimum Gasteiger partial charge on any atom is -0.386 e. The number of aromatic nitrogens is 3. The molecule has 3 fully saturated rings. The van der Waals surface area contributed by atoms with Crippen molar-refractivity contribution in [3.8, 4) is 0 Å². The Hall–Kier alpha value is -5.19. The molecule has 61 heavy (non-hydrogen) atoms. The summed E-state index contributed by atoms with van der Waals surface area (Å²) in [4.78, 5) is 60.9. The number of benzene rings is 2. The number of aliphatic hydroxyl groups is 1. The van der Waals surface area contributed by atoms with Gasteiger partial charge in [-0.3, -0.25) is 34.1 Å². The van der Waals surface area contributed by atoms with E-state index in [1.807, 2.05) is 23.0 Å². The molecular formula is C45H53F3N8O5. The van der Waals surface area contributed by atoms with Gasteiger partial charge in [-0.2, -0.15) is 18.3 Å². The molecule has 2 aromatic heterocycles. The lowest BCUT2D eigenvalue weighted by Gasteiger charge is -2.39. The zero-order valence-electron chi connectivity index (χ0n) is 35.0. The zero-order valence-corrected chi connectivity index (χ0v) is 35.0. The molecule has 4 aliphatic rings. The summed E-state index contributed by atoms with van der Waals surface area (Å²) in [5.74, 6) is -1.36. The summed E-state index contributed by atoms with van der Waals surface area (Å²) >= 11 is 0. The van der Waals surface area contributed by atoms with Crippen LogP contribution in [0.25, 0.3) is 10.9 Å². The predicted octanol–water partition coefficient (Wildman–Crippen LogP) is 6.44. The van der Waals surface area contributed by atoms with E-state index in [4.69, 9.17) is 5.10 Å². The topological polar surface area (TPSA) is 153 Å². The number of pyridine rings is 1. The Kier molecular flexibility index (Phi) is 11.6. The number of carbonyl (C=O) groups excluding carboxylic acids is 4. The zero-order chi connectivity index (χ0) is 43.4. The summed E-state index contributed by atoms with van der Waals surface area (Å²) in [6, 6.07) is 12.9. The quantitative estimate of drug-likeness (QED) is 0.153. The van der Waals surface area contributed by atoms with E-state index in [2.05, 4.69) is 38.5 Å². The van der Waals surface area contributed by atoms with Crippen molar-refractivity contribution in [2.24, 2.45) is 11.8 Å². The van der Waals surface area contributed by atoms with Crippen molar-refractivity contribution in [3.63, 3.8) is 0 Å². The molecule has 3 aliphatic heterocycles. The van der Waals surface area contributed by atoms with Gasteiger partial charge in [0.15, 0.2) is 0 Å². The smallest absolute Gasteiger partial charge is 0.386 e. The third kappa shape index (κ3) is 8.93. The number of alkyl halides is 3. The number of nitrogens with one attached hydrogen (secondary N) is 2. The van der Waals surface area contributed by atoms with Gasteiger partial charge in [-0.15, -0.1) is 0 Å². The molecular weight excluding hydrogens is 790 g/mol. The van der Waals surface area contributed by atoms with Crippen LogP contribution in [-0.4, -0.2) is 98.0 Å². The lowest BCUT2D eigenvalue weighted by atomic mass is 9.85. The van der Waals surface area contributed by atoms with E-state index < -0.39 is 29.3 Å². The van der Waals surface area contributed by atoms with Crippen LogP contribution in [0.15, 0.2) is 54.7 Å². The van der Waals surface area contributed by atoms with Crippen LogP contribution in [0.4, 0.5) is 18.9 Å². The summed E-state index contributed by atoms with van der Waals surface area (Å²) < 4.78 is 41.8. The van der Waals surface area contributed by atoms with Gasteiger partial charge in [0.25, 0.3) is 11.8 Å². The number of amides is 4. The van der Waals surface area contributed by atoms with E-state index in [0.717, 1.165) is 93.3 Å². The van der Waals surface area contributed by atoms with Gasteiger partial charge < -0.3 is 20.2 Å². The summed E-state index contributed by atoms with van der Waals surface area (Å²) in [5, 5.41) is 21.7. The van der Waals surface area contributed by atoms with E-state index in [1.54, 1.807) is 37.9 Å². The normalized spacial score (nSPS) is 23.2. The summed E-state index contributed by atoms with van der Waals surface area (Å²) in [6.07, 6.45) is 4.10. The minimum absolute atomic E-state index is 0.0871. The van der Waals surface area contributed by atoms with Gasteiger partial charge in [0.2, 0.25) is 11.8 Å². The predicted molar refractivity (Wildman–Crippen MR) is 221 cm³/mol. The Morgan fingerprint density at radius 3 is 2.41 bits per heavy atom. The molecule has 2 saturated heterocycles. The van der Waals surface area contributed by atoms with Crippen molar-refractivity contribution in [3.05, 3.63) is 88.4 Å². The van der Waals surface area contributed by atoms with Crippen LogP contribution in [0.5, 0.6) is 0 Å². The number of likely N-dealkylation sites (tertiary alicyclic amines) is 1. The molecule has 16 heteroatoms. The Morgan fingerprint density at radius 1 is 0.984 bits per heavy atom. The average molecular weight is 843 g/mol. The fraction of sp³-hybridized carbons (Fsp3) is 0.511. The highest BCUT2D eigenvalue weighted by molar-refractivity contribution is 6.05. The molecule has 8 rings (SSSR count). The maximum Gasteiger partial charge on any atom is 0.433 e. The number of halogens is 3. The molecule has 2 aromatic carbocycles. The maximum atomic E-state index is 13.3. The number of anilines is 1. The lowest BCUT2D eigenvalue weighted by molar-refractivity contribution is -0.141. The second kappa shape index (κ2) is 16.6. The standard InChI is InChI=1S/C45H53F3N8O5/c1-44(2,61)34-22-36-28(21-37(34)50-42(59)35-6-5-7-38(49-35)45(46,47)48)25-56(52-36)30-11-8-26(9-12-30)23-53(3)29-16-18-55(19-17-29)24-27-10-13-31-33(20-27)43(60)54(4)40(31)32-14-15-39(57)51-41(32)58/h5-7,10,13,20-22,25-26,29-30,32,40,61H,8-9,11-12,14-19,23-24H2,1-4H3,(H,50,59)(H,51,57,58). The maximum absolute atomic E-state index is 13.3. The van der Waals surface area contributed by atoms with Crippen molar-refractivity contribution >= 4 is 40.2 Å². The molecule has 1 saturated carbocycles. The SMILES string of the molecule is CN(CC1CCC(n2cc3cc(NC(=O)c4cccc(C(F)(F)F)n4)c(C(C)(C)O)cc3n2)CC1)C1CCN(Cc2ccc3c(c2)C(=O)N(C)C3C2CCC(=O)NC2=O)CC1. The second-order valence-electron chi connectivity index (χ2n) is 17.9. The highest BCUT2D eigenvalue weighted by atomic mass is 19.4. The van der Waals surface area contributed by atoms with Gasteiger partial charge in [0.05, 0.1) is 29.1 Å². The lowest BCUT2D eigenvalue weighted by Crippen LogP contribution is -2.45. The van der Waals surface area contributed by atoms with E-state index in [1.165, 1.54) is 6.07 Å². The largest absolute Gasteiger partial charge is 0.433 e. The van der Waals surface area contributed by atoms with Gasteiger partial charge in [-0.1, -0.05) is 18.2 Å². The van der Waals surface area contributed by atoms with E-state index in [9.17, 15) is 37.5 Å². The Balaban J connectivity index is 0.835. The molecule has 4 amide bonds. The molecule has 0 radical (unpaired) electrons. The molecule has 3 N–H and O–H groups in total. The van der Waals surface area contributed by atoms with E-state index in [0.29, 0.717) is 35.0 Å². The summed E-state index contributed by atoms with van der Waals surface area (Å²) in [6.45, 7) is 6.84. The molecule has 4 aromatic rings. The van der Waals surface area contributed by atoms with Crippen LogP contribution in [0, 0.1) is 11.8 Å². The third-order valence-corrected chi connectivity index (χ3v) is 13.2. The number of hydrogen-bond acceptors (Lipinski definition) is 9. The summed E-state index contributed by atoms with van der Waals surface area (Å²) in [5.41, 5.74) is 0.965. The molecule has 324 valence electrons. The Bertz CT molecular complexity index is 2340. The molecule has 2 atom stereocenters. The van der Waals surface area contributed by atoms with Crippen LogP contribution in [0.2, 0.25) is 0 Å². The number of imide groups is 1. The molecule has 13 nitrogen and oxygen atoms in total. The van der Waals surface area contributed by atoms with E-state index in [-0.39, 0.29) is 47.6 Å². The van der Waals surface area contributed by atoms with Crippen molar-refractivity contribution in [2.45, 2.75) is 102 Å². The fourth-order valence-electron chi connectivity index (χ4n) is 9.89. The number of nitrogens with zero attached hydrogens (tertiary/aromatic N) is 6. The molecule has 0 spiro atoms. The molecule has 0 bridgehead atoms. The highest BCUT2D eigenvalue weighted by Gasteiger charge is 2.44. The van der Waals surface area contributed by atoms with Gasteiger partial charge in [0, 0.05) is 61.0 Å². The van der Waals surface area contributed by atoms with Gasteiger partial charge in [0.1, 0.15) is 11.4 Å². The number of piperidine rings is 2. The van der Waals surface area contributed by atoms with Crippen molar-refractivity contribution in [1.82, 2.24) is 34.8 Å². The first kappa shape index (κ1) is 42.5. The average Bonchev–Trinajstić information content (AvgIpc) is 3.74. The first-order valence-corrected chi connectivity index (χ1v) is 21.2. The van der Waals surface area contributed by atoms with Crippen LogP contribution in [0.3, 0.4) is 0 Å². The van der Waals surface area contributed by atoms with Gasteiger partial charge in [-0.05, 0) is 126 Å². The van der Waals surface area contributed by atoms with Crippen molar-refractivity contribution in [2.75, 3.05) is 39.0 Å². The number of fused-ring (bicyclic) bond motifs is 2. The molecule has 1 aliphatic carbocycles. The first-order chi connectivity index (χ1) is 28.9. The van der Waals surface area contributed by atoms with Crippen molar-refractivity contribution < 1.29 is 37.5 Å². The first-order valence-electron chi connectivity index (χ1n) is 21.2. The third-order valence-electron chi connectivity index (χ3n) is 13.2. The molecule has 5 heterocycles.